The van der Waals surface area contributed by atoms with Gasteiger partial charge in [0.2, 0.25) is 5.91 Å². The monoisotopic (exact) mass is 342 g/mol. The van der Waals surface area contributed by atoms with E-state index in [0.29, 0.717) is 10.2 Å². The fourth-order valence-electron chi connectivity index (χ4n) is 2.50. The van der Waals surface area contributed by atoms with Crippen LogP contribution in [-0.4, -0.2) is 37.5 Å². The van der Waals surface area contributed by atoms with E-state index in [4.69, 9.17) is 0 Å². The molecule has 1 aromatic carbocycles. The summed E-state index contributed by atoms with van der Waals surface area (Å²) in [4.78, 5) is 15.8. The van der Waals surface area contributed by atoms with Crippen LogP contribution < -0.4 is 4.90 Å². The molecule has 1 aromatic rings. The van der Waals surface area contributed by atoms with E-state index in [2.05, 4.69) is 15.9 Å². The van der Waals surface area contributed by atoms with Crippen LogP contribution in [0.2, 0.25) is 0 Å². The predicted octanol–water partition coefficient (Wildman–Crippen LogP) is 3.43. The maximum atomic E-state index is 13.9. The second kappa shape index (κ2) is 7.07. The Bertz CT molecular complexity index is 473. The lowest BCUT2D eigenvalue weighted by Gasteiger charge is -2.25. The number of amides is 1. The summed E-state index contributed by atoms with van der Waals surface area (Å²) in [6.45, 7) is 1.88. The van der Waals surface area contributed by atoms with E-state index in [1.165, 1.54) is 18.9 Å². The van der Waals surface area contributed by atoms with E-state index >= 15 is 0 Å². The number of hydrogen-bond donors (Lipinski definition) is 0. The first-order valence-electron chi connectivity index (χ1n) is 7.02. The number of anilines is 1. The third-order valence-electron chi connectivity index (χ3n) is 3.65. The Morgan fingerprint density at radius 3 is 2.55 bits per heavy atom. The van der Waals surface area contributed by atoms with Gasteiger partial charge >= 0.3 is 0 Å². The molecular weight excluding hydrogens is 323 g/mol. The molecule has 1 saturated heterocycles. The van der Waals surface area contributed by atoms with Gasteiger partial charge in [-0.3, -0.25) is 4.79 Å². The molecule has 0 aromatic heterocycles. The lowest BCUT2D eigenvalue weighted by Crippen LogP contribution is -2.39. The van der Waals surface area contributed by atoms with Gasteiger partial charge < -0.3 is 9.80 Å². The second-order valence-corrected chi connectivity index (χ2v) is 6.16. The maximum Gasteiger partial charge on any atom is 0.242 e. The van der Waals surface area contributed by atoms with Crippen molar-refractivity contribution in [1.29, 1.82) is 0 Å². The van der Waals surface area contributed by atoms with Crippen molar-refractivity contribution >= 4 is 27.5 Å². The molecule has 2 rings (SSSR count). The van der Waals surface area contributed by atoms with E-state index in [-0.39, 0.29) is 18.3 Å². The Morgan fingerprint density at radius 2 is 1.95 bits per heavy atom. The summed E-state index contributed by atoms with van der Waals surface area (Å²) in [5.74, 6) is -0.234. The number of halogens is 2. The van der Waals surface area contributed by atoms with E-state index in [1.54, 1.807) is 24.1 Å². The molecule has 20 heavy (non-hydrogen) atoms. The molecule has 0 atom stereocenters. The third-order valence-corrected chi connectivity index (χ3v) is 4.15. The number of carbonyl (C=O) groups excluding carboxylic acids is 1. The summed E-state index contributed by atoms with van der Waals surface area (Å²) in [5.41, 5.74) is 0.455. The summed E-state index contributed by atoms with van der Waals surface area (Å²) >= 11 is 3.23. The van der Waals surface area contributed by atoms with Crippen molar-refractivity contribution in [2.45, 2.75) is 25.7 Å². The van der Waals surface area contributed by atoms with Crippen molar-refractivity contribution in [2.75, 3.05) is 31.6 Å². The Hall–Kier alpha value is -1.10. The molecule has 0 radical (unpaired) electrons. The fourth-order valence-corrected chi connectivity index (χ4v) is 2.83. The molecule has 1 aliphatic heterocycles. The highest BCUT2D eigenvalue weighted by Gasteiger charge is 2.18. The second-order valence-electron chi connectivity index (χ2n) is 5.25. The van der Waals surface area contributed by atoms with Crippen LogP contribution in [-0.2, 0) is 4.79 Å². The van der Waals surface area contributed by atoms with E-state index in [9.17, 15) is 9.18 Å². The van der Waals surface area contributed by atoms with Crippen molar-refractivity contribution in [3.05, 3.63) is 28.5 Å². The Labute approximate surface area is 127 Å². The van der Waals surface area contributed by atoms with Crippen LogP contribution in [0, 0.1) is 5.82 Å². The minimum Gasteiger partial charge on any atom is -0.363 e. The predicted molar refractivity (Wildman–Crippen MR) is 82.4 cm³/mol. The molecule has 0 unspecified atom stereocenters. The van der Waals surface area contributed by atoms with Crippen molar-refractivity contribution < 1.29 is 9.18 Å². The Kier molecular flexibility index (Phi) is 5.40. The first kappa shape index (κ1) is 15.3. The quantitative estimate of drug-likeness (QED) is 0.840. The van der Waals surface area contributed by atoms with Crippen LogP contribution in [0.5, 0.6) is 0 Å². The largest absolute Gasteiger partial charge is 0.363 e. The zero-order valence-electron chi connectivity index (χ0n) is 11.7. The molecular formula is C15H20BrFN2O. The van der Waals surface area contributed by atoms with E-state index < -0.39 is 0 Å². The van der Waals surface area contributed by atoms with Gasteiger partial charge in [0.25, 0.3) is 0 Å². The van der Waals surface area contributed by atoms with Crippen molar-refractivity contribution in [2.24, 2.45) is 0 Å². The van der Waals surface area contributed by atoms with E-state index in [1.807, 2.05) is 4.90 Å². The molecule has 1 aliphatic rings. The number of hydrogen-bond acceptors (Lipinski definition) is 2. The van der Waals surface area contributed by atoms with E-state index in [0.717, 1.165) is 25.9 Å². The molecule has 0 spiro atoms. The highest BCUT2D eigenvalue weighted by Crippen LogP contribution is 2.22. The first-order valence-corrected chi connectivity index (χ1v) is 7.81. The molecule has 0 saturated carbocycles. The van der Waals surface area contributed by atoms with Crippen LogP contribution in [0.25, 0.3) is 0 Å². The van der Waals surface area contributed by atoms with Crippen LogP contribution >= 0.6 is 15.9 Å². The summed E-state index contributed by atoms with van der Waals surface area (Å²) in [6.07, 6.45) is 4.53. The SMILES string of the molecule is CN(CC(=O)N1CCCCCC1)c1ccc(Br)cc1F. The third kappa shape index (κ3) is 3.95. The molecule has 0 aliphatic carbocycles. The number of likely N-dealkylation sites (N-methyl/N-ethyl adjacent to an activating group) is 1. The average Bonchev–Trinajstić information content (AvgIpc) is 2.67. The van der Waals surface area contributed by atoms with Crippen LogP contribution in [0.1, 0.15) is 25.7 Å². The van der Waals surface area contributed by atoms with Gasteiger partial charge in [0.05, 0.1) is 12.2 Å². The molecule has 5 heteroatoms. The number of rotatable bonds is 3. The Morgan fingerprint density at radius 1 is 1.30 bits per heavy atom. The van der Waals surface area contributed by atoms with Crippen LogP contribution in [0.4, 0.5) is 10.1 Å². The van der Waals surface area contributed by atoms with Crippen molar-refractivity contribution in [3.63, 3.8) is 0 Å². The van der Waals surface area contributed by atoms with Gasteiger partial charge in [-0.05, 0) is 31.0 Å². The van der Waals surface area contributed by atoms with Gasteiger partial charge in [-0.1, -0.05) is 28.8 Å². The maximum absolute atomic E-state index is 13.9. The van der Waals surface area contributed by atoms with Gasteiger partial charge in [0.15, 0.2) is 0 Å². The zero-order valence-corrected chi connectivity index (χ0v) is 13.3. The van der Waals surface area contributed by atoms with Crippen molar-refractivity contribution in [1.82, 2.24) is 4.90 Å². The molecule has 1 heterocycles. The molecule has 1 amide bonds. The number of benzene rings is 1. The molecule has 110 valence electrons. The van der Waals surface area contributed by atoms with Gasteiger partial charge in [-0.2, -0.15) is 0 Å². The fraction of sp³-hybridized carbons (Fsp3) is 0.533. The standard InChI is InChI=1S/C15H20BrFN2O/c1-18(14-7-6-12(16)10-13(14)17)11-15(20)19-8-4-2-3-5-9-19/h6-7,10H,2-5,8-9,11H2,1H3. The first-order chi connectivity index (χ1) is 9.58. The van der Waals surface area contributed by atoms with Crippen LogP contribution in [0.15, 0.2) is 22.7 Å². The molecule has 0 N–H and O–H groups in total. The van der Waals surface area contributed by atoms with Crippen LogP contribution in [0.3, 0.4) is 0 Å². The van der Waals surface area contributed by atoms with Gasteiger partial charge in [-0.25, -0.2) is 4.39 Å². The number of carbonyl (C=O) groups is 1. The lowest BCUT2D eigenvalue weighted by molar-refractivity contribution is -0.129. The summed E-state index contributed by atoms with van der Waals surface area (Å²) in [7, 11) is 1.75. The smallest absolute Gasteiger partial charge is 0.242 e. The molecule has 3 nitrogen and oxygen atoms in total. The molecule has 1 fully saturated rings. The number of likely N-dealkylation sites (tertiary alicyclic amines) is 1. The minimum atomic E-state index is -0.314. The minimum absolute atomic E-state index is 0.0803. The summed E-state index contributed by atoms with van der Waals surface area (Å²) in [5, 5.41) is 0. The zero-order chi connectivity index (χ0) is 14.5. The highest BCUT2D eigenvalue weighted by molar-refractivity contribution is 9.10. The normalized spacial score (nSPS) is 15.8. The summed E-state index contributed by atoms with van der Waals surface area (Å²) < 4.78 is 14.6. The Balaban J connectivity index is 1.99. The number of nitrogens with zero attached hydrogens (tertiary/aromatic N) is 2. The van der Waals surface area contributed by atoms with Gasteiger partial charge in [0, 0.05) is 24.6 Å². The summed E-state index contributed by atoms with van der Waals surface area (Å²) in [6, 6.07) is 4.89. The average molecular weight is 343 g/mol. The van der Waals surface area contributed by atoms with Crippen molar-refractivity contribution in [3.8, 4) is 0 Å². The van der Waals surface area contributed by atoms with Gasteiger partial charge in [0.1, 0.15) is 5.82 Å². The molecule has 0 bridgehead atoms. The highest BCUT2D eigenvalue weighted by atomic mass is 79.9. The topological polar surface area (TPSA) is 23.6 Å². The van der Waals surface area contributed by atoms with Gasteiger partial charge in [-0.15, -0.1) is 0 Å². The lowest BCUT2D eigenvalue weighted by atomic mass is 10.2.